The van der Waals surface area contributed by atoms with Crippen LogP contribution in [0.5, 0.6) is 0 Å². The maximum Gasteiger partial charge on any atom is 0.257 e. The van der Waals surface area contributed by atoms with Crippen LogP contribution in [0.1, 0.15) is 31.3 Å². The summed E-state index contributed by atoms with van der Waals surface area (Å²) in [5.41, 5.74) is 3.58. The number of aryl methyl sites for hydroxylation is 2. The van der Waals surface area contributed by atoms with Crippen molar-refractivity contribution < 1.29 is 9.59 Å². The average Bonchev–Trinajstić information content (AvgIpc) is 2.95. The third kappa shape index (κ3) is 2.99. The van der Waals surface area contributed by atoms with Crippen LogP contribution >= 0.6 is 11.5 Å². The SMILES string of the molecule is Cc1ccccc1N1CCN(C(=O)c2c(C)nsc2C=O)CC1. The molecule has 1 saturated heterocycles. The van der Waals surface area contributed by atoms with Crippen molar-refractivity contribution >= 4 is 29.4 Å². The number of piperazine rings is 1. The maximum atomic E-state index is 12.7. The molecule has 23 heavy (non-hydrogen) atoms. The lowest BCUT2D eigenvalue weighted by Crippen LogP contribution is -2.49. The molecule has 0 radical (unpaired) electrons. The van der Waals surface area contributed by atoms with Crippen molar-refractivity contribution in [3.63, 3.8) is 0 Å². The number of amides is 1. The largest absolute Gasteiger partial charge is 0.368 e. The molecule has 0 bridgehead atoms. The van der Waals surface area contributed by atoms with Crippen LogP contribution in [0.25, 0.3) is 0 Å². The molecule has 1 aromatic carbocycles. The van der Waals surface area contributed by atoms with Crippen molar-refractivity contribution in [3.8, 4) is 0 Å². The zero-order valence-corrected chi connectivity index (χ0v) is 14.1. The molecule has 1 aliphatic heterocycles. The van der Waals surface area contributed by atoms with Crippen molar-refractivity contribution in [2.75, 3.05) is 31.1 Å². The molecule has 0 saturated carbocycles. The van der Waals surface area contributed by atoms with Crippen LogP contribution < -0.4 is 4.90 Å². The van der Waals surface area contributed by atoms with Crippen LogP contribution in [0.3, 0.4) is 0 Å². The fraction of sp³-hybridized carbons (Fsp3) is 0.353. The van der Waals surface area contributed by atoms with E-state index >= 15 is 0 Å². The van der Waals surface area contributed by atoms with E-state index in [1.807, 2.05) is 17.0 Å². The first kappa shape index (κ1) is 15.7. The topological polar surface area (TPSA) is 53.5 Å². The summed E-state index contributed by atoms with van der Waals surface area (Å²) >= 11 is 1.09. The highest BCUT2D eigenvalue weighted by molar-refractivity contribution is 7.08. The second kappa shape index (κ2) is 6.50. The Morgan fingerprint density at radius 2 is 1.87 bits per heavy atom. The van der Waals surface area contributed by atoms with Gasteiger partial charge in [-0.05, 0) is 37.0 Å². The van der Waals surface area contributed by atoms with E-state index in [4.69, 9.17) is 0 Å². The van der Waals surface area contributed by atoms with Gasteiger partial charge in [0.2, 0.25) is 0 Å². The first-order valence-electron chi connectivity index (χ1n) is 7.63. The van der Waals surface area contributed by atoms with Gasteiger partial charge in [-0.15, -0.1) is 0 Å². The Morgan fingerprint density at radius 3 is 2.52 bits per heavy atom. The molecule has 120 valence electrons. The summed E-state index contributed by atoms with van der Waals surface area (Å²) in [7, 11) is 0. The lowest BCUT2D eigenvalue weighted by atomic mass is 10.1. The Labute approximate surface area is 139 Å². The number of para-hydroxylation sites is 1. The Bertz CT molecular complexity index is 733. The molecule has 2 heterocycles. The molecule has 2 aromatic rings. The fourth-order valence-electron chi connectivity index (χ4n) is 2.95. The quantitative estimate of drug-likeness (QED) is 0.812. The molecular weight excluding hydrogens is 310 g/mol. The predicted molar refractivity (Wildman–Crippen MR) is 91.5 cm³/mol. The van der Waals surface area contributed by atoms with Crippen molar-refractivity contribution in [2.45, 2.75) is 13.8 Å². The van der Waals surface area contributed by atoms with E-state index in [-0.39, 0.29) is 5.91 Å². The third-order valence-corrected chi connectivity index (χ3v) is 5.10. The van der Waals surface area contributed by atoms with Crippen LogP contribution in [-0.2, 0) is 0 Å². The third-order valence-electron chi connectivity index (χ3n) is 4.23. The van der Waals surface area contributed by atoms with Crippen molar-refractivity contribution in [1.82, 2.24) is 9.27 Å². The predicted octanol–water partition coefficient (Wildman–Crippen LogP) is 2.53. The van der Waals surface area contributed by atoms with Crippen LogP contribution in [-0.4, -0.2) is 47.6 Å². The first-order chi connectivity index (χ1) is 11.1. The van der Waals surface area contributed by atoms with Crippen LogP contribution in [0.4, 0.5) is 5.69 Å². The van der Waals surface area contributed by atoms with Gasteiger partial charge < -0.3 is 9.80 Å². The summed E-state index contributed by atoms with van der Waals surface area (Å²) in [5.74, 6) is -0.0808. The highest BCUT2D eigenvalue weighted by Gasteiger charge is 2.27. The van der Waals surface area contributed by atoms with Gasteiger partial charge in [-0.1, -0.05) is 18.2 Å². The van der Waals surface area contributed by atoms with Crippen molar-refractivity contribution in [3.05, 3.63) is 46.0 Å². The van der Waals surface area contributed by atoms with E-state index in [2.05, 4.69) is 28.3 Å². The summed E-state index contributed by atoms with van der Waals surface area (Å²) in [4.78, 5) is 28.3. The van der Waals surface area contributed by atoms with Gasteiger partial charge in [0.05, 0.1) is 11.3 Å². The van der Waals surface area contributed by atoms with Gasteiger partial charge in [-0.2, -0.15) is 4.37 Å². The number of nitrogens with zero attached hydrogens (tertiary/aromatic N) is 3. The maximum absolute atomic E-state index is 12.7. The number of benzene rings is 1. The minimum absolute atomic E-state index is 0.0808. The summed E-state index contributed by atoms with van der Waals surface area (Å²) in [6.07, 6.45) is 0.724. The fourth-order valence-corrected chi connectivity index (χ4v) is 3.65. The number of anilines is 1. The normalized spacial score (nSPS) is 14.9. The number of aldehydes is 1. The summed E-state index contributed by atoms with van der Waals surface area (Å²) in [6.45, 7) is 6.78. The molecule has 1 aliphatic rings. The first-order valence-corrected chi connectivity index (χ1v) is 8.40. The molecule has 1 aromatic heterocycles. The molecule has 0 atom stereocenters. The number of carbonyl (C=O) groups excluding carboxylic acids is 2. The monoisotopic (exact) mass is 329 g/mol. The molecular formula is C17H19N3O2S. The van der Waals surface area contributed by atoms with Gasteiger partial charge in [0, 0.05) is 31.9 Å². The molecule has 1 amide bonds. The van der Waals surface area contributed by atoms with Gasteiger partial charge >= 0.3 is 0 Å². The summed E-state index contributed by atoms with van der Waals surface area (Å²) < 4.78 is 4.13. The Kier molecular flexibility index (Phi) is 4.43. The molecule has 1 fully saturated rings. The highest BCUT2D eigenvalue weighted by atomic mass is 32.1. The minimum atomic E-state index is -0.0808. The summed E-state index contributed by atoms with van der Waals surface area (Å²) in [6, 6.07) is 8.29. The van der Waals surface area contributed by atoms with Gasteiger partial charge in [0.25, 0.3) is 5.91 Å². The van der Waals surface area contributed by atoms with Crippen LogP contribution in [0.15, 0.2) is 24.3 Å². The molecule has 6 heteroatoms. The van der Waals surface area contributed by atoms with Crippen molar-refractivity contribution in [2.24, 2.45) is 0 Å². The van der Waals surface area contributed by atoms with Crippen molar-refractivity contribution in [1.29, 1.82) is 0 Å². The number of hydrogen-bond donors (Lipinski definition) is 0. The average molecular weight is 329 g/mol. The Hall–Kier alpha value is -2.21. The molecule has 0 aliphatic carbocycles. The summed E-state index contributed by atoms with van der Waals surface area (Å²) in [5, 5.41) is 0. The van der Waals surface area contributed by atoms with E-state index in [1.54, 1.807) is 6.92 Å². The standard InChI is InChI=1S/C17H19N3O2S/c1-12-5-3-4-6-14(12)19-7-9-20(10-8-19)17(22)16-13(2)18-23-15(16)11-21/h3-6,11H,7-10H2,1-2H3. The van der Waals surface area contributed by atoms with Gasteiger partial charge in [-0.25, -0.2) is 0 Å². The van der Waals surface area contributed by atoms with Gasteiger partial charge in [-0.3, -0.25) is 9.59 Å². The van der Waals surface area contributed by atoms with E-state index in [0.717, 1.165) is 30.9 Å². The molecule has 3 rings (SSSR count). The Balaban J connectivity index is 1.72. The number of rotatable bonds is 3. The highest BCUT2D eigenvalue weighted by Crippen LogP contribution is 2.23. The second-order valence-electron chi connectivity index (χ2n) is 5.69. The molecule has 0 spiro atoms. The van der Waals surface area contributed by atoms with E-state index < -0.39 is 0 Å². The molecule has 0 N–H and O–H groups in total. The minimum Gasteiger partial charge on any atom is -0.368 e. The van der Waals surface area contributed by atoms with Crippen LogP contribution in [0.2, 0.25) is 0 Å². The molecule has 5 nitrogen and oxygen atoms in total. The van der Waals surface area contributed by atoms with Gasteiger partial charge in [0.15, 0.2) is 6.29 Å². The van der Waals surface area contributed by atoms with E-state index in [0.29, 0.717) is 29.2 Å². The number of carbonyl (C=O) groups is 2. The smallest absolute Gasteiger partial charge is 0.257 e. The van der Waals surface area contributed by atoms with Gasteiger partial charge in [0.1, 0.15) is 4.88 Å². The number of hydrogen-bond acceptors (Lipinski definition) is 5. The lowest BCUT2D eigenvalue weighted by molar-refractivity contribution is 0.0743. The van der Waals surface area contributed by atoms with Crippen LogP contribution in [0, 0.1) is 13.8 Å². The van der Waals surface area contributed by atoms with E-state index in [1.165, 1.54) is 11.3 Å². The van der Waals surface area contributed by atoms with E-state index in [9.17, 15) is 9.59 Å². The zero-order chi connectivity index (χ0) is 16.4. The zero-order valence-electron chi connectivity index (χ0n) is 13.3. The lowest BCUT2D eigenvalue weighted by Gasteiger charge is -2.36. The molecule has 0 unspecified atom stereocenters. The Morgan fingerprint density at radius 1 is 1.17 bits per heavy atom. The second-order valence-corrected chi connectivity index (χ2v) is 6.50. The number of aromatic nitrogens is 1.